The number of fused-ring (bicyclic) bond motifs is 7. The molecule has 2 aromatic heterocycles. The van der Waals surface area contributed by atoms with Crippen molar-refractivity contribution in [2.45, 2.75) is 32.6 Å². The molecule has 2 nitrogen and oxygen atoms in total. The van der Waals surface area contributed by atoms with Crippen molar-refractivity contribution in [3.05, 3.63) is 150 Å². The Morgan fingerprint density at radius 2 is 1.18 bits per heavy atom. The van der Waals surface area contributed by atoms with Gasteiger partial charge in [0.05, 0.1) is 11.0 Å². The SMILES string of the molecule is Cc1c(-c2ccccc2C(C)CCc2ccccc2)ccc2c1c1c3c4ccccc4n(-c4ccccc4)c3ccc1n2C. The fraction of sp³-hybridized carbons (Fsp3) is 0.143. The molecule has 214 valence electrons. The molecule has 0 aliphatic carbocycles. The van der Waals surface area contributed by atoms with E-state index >= 15 is 0 Å². The normalized spacial score (nSPS) is 12.5. The van der Waals surface area contributed by atoms with Gasteiger partial charge in [0.1, 0.15) is 0 Å². The maximum atomic E-state index is 2.42. The molecule has 0 fully saturated rings. The smallest absolute Gasteiger partial charge is 0.0548 e. The molecule has 6 aromatic carbocycles. The Kier molecular flexibility index (Phi) is 6.38. The summed E-state index contributed by atoms with van der Waals surface area (Å²) in [7, 11) is 2.21. The summed E-state index contributed by atoms with van der Waals surface area (Å²) in [6, 6.07) is 48.9. The molecule has 0 aliphatic rings. The van der Waals surface area contributed by atoms with Gasteiger partial charge in [0.2, 0.25) is 0 Å². The maximum absolute atomic E-state index is 2.42. The zero-order chi connectivity index (χ0) is 29.8. The molecule has 1 atom stereocenters. The van der Waals surface area contributed by atoms with E-state index in [0.717, 1.165) is 12.8 Å². The average Bonchev–Trinajstić information content (AvgIpc) is 3.57. The Balaban J connectivity index is 1.36. The van der Waals surface area contributed by atoms with E-state index in [1.807, 2.05) is 0 Å². The summed E-state index contributed by atoms with van der Waals surface area (Å²) in [5.41, 5.74) is 13.1. The number of aryl methyl sites for hydroxylation is 3. The third-order valence-corrected chi connectivity index (χ3v) is 9.74. The van der Waals surface area contributed by atoms with Gasteiger partial charge in [-0.1, -0.05) is 104 Å². The summed E-state index contributed by atoms with van der Waals surface area (Å²) in [5.74, 6) is 0.449. The van der Waals surface area contributed by atoms with E-state index in [1.165, 1.54) is 77.1 Å². The second-order valence-corrected chi connectivity index (χ2v) is 12.2. The summed E-state index contributed by atoms with van der Waals surface area (Å²) < 4.78 is 4.80. The van der Waals surface area contributed by atoms with Crippen LogP contribution in [-0.4, -0.2) is 9.13 Å². The van der Waals surface area contributed by atoms with Crippen molar-refractivity contribution in [1.29, 1.82) is 0 Å². The summed E-state index contributed by atoms with van der Waals surface area (Å²) in [5, 5.41) is 5.33. The van der Waals surface area contributed by atoms with Crippen LogP contribution in [0.2, 0.25) is 0 Å². The van der Waals surface area contributed by atoms with E-state index in [0.29, 0.717) is 5.92 Å². The van der Waals surface area contributed by atoms with Gasteiger partial charge < -0.3 is 9.13 Å². The minimum atomic E-state index is 0.449. The molecule has 2 heterocycles. The number of para-hydroxylation sites is 2. The lowest BCUT2D eigenvalue weighted by Gasteiger charge is -2.19. The van der Waals surface area contributed by atoms with Gasteiger partial charge in [-0.05, 0) is 89.9 Å². The monoisotopic (exact) mass is 568 g/mol. The van der Waals surface area contributed by atoms with E-state index in [2.05, 4.69) is 163 Å². The fourth-order valence-corrected chi connectivity index (χ4v) is 7.51. The van der Waals surface area contributed by atoms with Crippen molar-refractivity contribution in [3.63, 3.8) is 0 Å². The van der Waals surface area contributed by atoms with E-state index in [-0.39, 0.29) is 0 Å². The maximum Gasteiger partial charge on any atom is 0.0548 e. The average molecular weight is 569 g/mol. The summed E-state index contributed by atoms with van der Waals surface area (Å²) in [6.45, 7) is 4.72. The van der Waals surface area contributed by atoms with Crippen LogP contribution in [0.3, 0.4) is 0 Å². The van der Waals surface area contributed by atoms with E-state index in [1.54, 1.807) is 0 Å². The van der Waals surface area contributed by atoms with Crippen LogP contribution in [0.5, 0.6) is 0 Å². The highest BCUT2D eigenvalue weighted by atomic mass is 15.0. The topological polar surface area (TPSA) is 9.86 Å². The predicted octanol–water partition coefficient (Wildman–Crippen LogP) is 11.1. The van der Waals surface area contributed by atoms with Crippen molar-refractivity contribution < 1.29 is 0 Å². The Morgan fingerprint density at radius 3 is 2.00 bits per heavy atom. The summed E-state index contributed by atoms with van der Waals surface area (Å²) in [4.78, 5) is 0. The number of rotatable bonds is 6. The van der Waals surface area contributed by atoms with Crippen molar-refractivity contribution >= 4 is 43.6 Å². The number of benzene rings is 6. The predicted molar refractivity (Wildman–Crippen MR) is 188 cm³/mol. The largest absolute Gasteiger partial charge is 0.344 e. The molecule has 0 bridgehead atoms. The molecule has 0 saturated heterocycles. The lowest BCUT2D eigenvalue weighted by Crippen LogP contribution is -2.00. The Morgan fingerprint density at radius 1 is 0.545 bits per heavy atom. The standard InChI is InChI=1S/C42H36N2/c1-28(22-23-30-14-6-4-7-15-30)32-18-10-11-19-34(32)33-24-25-37-40(29(33)2)42-38(43(37)3)26-27-39-41(42)35-20-12-13-21-36(35)44(39)31-16-8-5-9-17-31/h4-21,24-28H,22-23H2,1-3H3. The van der Waals surface area contributed by atoms with Gasteiger partial charge in [0.15, 0.2) is 0 Å². The Hall–Kier alpha value is -5.08. The van der Waals surface area contributed by atoms with Gasteiger partial charge in [0.25, 0.3) is 0 Å². The van der Waals surface area contributed by atoms with Crippen LogP contribution < -0.4 is 0 Å². The first kappa shape index (κ1) is 26.5. The van der Waals surface area contributed by atoms with Crippen LogP contribution in [0.25, 0.3) is 60.4 Å². The number of hydrogen-bond donors (Lipinski definition) is 0. The van der Waals surface area contributed by atoms with Crippen LogP contribution in [-0.2, 0) is 13.5 Å². The third-order valence-electron chi connectivity index (χ3n) is 9.74. The van der Waals surface area contributed by atoms with E-state index in [4.69, 9.17) is 0 Å². The zero-order valence-electron chi connectivity index (χ0n) is 25.6. The van der Waals surface area contributed by atoms with Crippen LogP contribution in [0, 0.1) is 6.92 Å². The molecule has 1 unspecified atom stereocenters. The van der Waals surface area contributed by atoms with Crippen LogP contribution in [0.15, 0.2) is 133 Å². The molecule has 8 aromatic rings. The van der Waals surface area contributed by atoms with E-state index in [9.17, 15) is 0 Å². The van der Waals surface area contributed by atoms with Crippen molar-refractivity contribution in [2.24, 2.45) is 7.05 Å². The highest BCUT2D eigenvalue weighted by molar-refractivity contribution is 6.29. The van der Waals surface area contributed by atoms with Gasteiger partial charge in [-0.2, -0.15) is 0 Å². The molecular formula is C42H36N2. The third kappa shape index (κ3) is 4.09. The zero-order valence-corrected chi connectivity index (χ0v) is 25.6. The Bertz CT molecular complexity index is 2300. The number of nitrogens with zero attached hydrogens (tertiary/aromatic N) is 2. The van der Waals surface area contributed by atoms with Gasteiger partial charge >= 0.3 is 0 Å². The van der Waals surface area contributed by atoms with Crippen LogP contribution in [0.4, 0.5) is 0 Å². The van der Waals surface area contributed by atoms with Gasteiger partial charge in [-0.3, -0.25) is 0 Å². The number of hydrogen-bond acceptors (Lipinski definition) is 0. The quantitative estimate of drug-likeness (QED) is 0.189. The molecule has 2 heteroatoms. The minimum absolute atomic E-state index is 0.449. The summed E-state index contributed by atoms with van der Waals surface area (Å²) in [6.07, 6.45) is 2.21. The lowest BCUT2D eigenvalue weighted by molar-refractivity contribution is 0.681. The Labute approximate surface area is 258 Å². The highest BCUT2D eigenvalue weighted by Crippen LogP contribution is 2.44. The van der Waals surface area contributed by atoms with Gasteiger partial charge in [0, 0.05) is 45.3 Å². The first-order valence-corrected chi connectivity index (χ1v) is 15.7. The molecule has 0 amide bonds. The first-order chi connectivity index (χ1) is 21.6. The summed E-state index contributed by atoms with van der Waals surface area (Å²) >= 11 is 0. The number of aromatic nitrogens is 2. The first-order valence-electron chi connectivity index (χ1n) is 15.7. The fourth-order valence-electron chi connectivity index (χ4n) is 7.51. The van der Waals surface area contributed by atoms with Crippen molar-refractivity contribution in [1.82, 2.24) is 9.13 Å². The molecule has 0 N–H and O–H groups in total. The van der Waals surface area contributed by atoms with Crippen LogP contribution >= 0.6 is 0 Å². The second kappa shape index (κ2) is 10.6. The molecule has 8 rings (SSSR count). The van der Waals surface area contributed by atoms with Crippen LogP contribution in [0.1, 0.15) is 36.0 Å². The van der Waals surface area contributed by atoms with Gasteiger partial charge in [-0.15, -0.1) is 0 Å². The van der Waals surface area contributed by atoms with E-state index < -0.39 is 0 Å². The lowest BCUT2D eigenvalue weighted by atomic mass is 9.86. The van der Waals surface area contributed by atoms with Crippen molar-refractivity contribution in [2.75, 3.05) is 0 Å². The minimum Gasteiger partial charge on any atom is -0.344 e. The van der Waals surface area contributed by atoms with Crippen molar-refractivity contribution in [3.8, 4) is 16.8 Å². The molecule has 0 spiro atoms. The molecule has 0 radical (unpaired) electrons. The van der Waals surface area contributed by atoms with Gasteiger partial charge in [-0.25, -0.2) is 0 Å². The second-order valence-electron chi connectivity index (χ2n) is 12.2. The molecule has 0 saturated carbocycles. The molecule has 0 aliphatic heterocycles. The highest BCUT2D eigenvalue weighted by Gasteiger charge is 2.22. The molecular weight excluding hydrogens is 532 g/mol. The molecule has 44 heavy (non-hydrogen) atoms.